The van der Waals surface area contributed by atoms with Crippen molar-refractivity contribution in [2.24, 2.45) is 4.99 Å². The van der Waals surface area contributed by atoms with Crippen molar-refractivity contribution in [2.75, 3.05) is 20.0 Å². The molecule has 3 atom stereocenters. The first kappa shape index (κ1) is 17.2. The second-order valence-corrected chi connectivity index (χ2v) is 7.44. The van der Waals surface area contributed by atoms with Gasteiger partial charge in [-0.1, -0.05) is 30.8 Å². The Hall–Kier alpha value is -2.21. The van der Waals surface area contributed by atoms with Crippen LogP contribution >= 0.6 is 11.8 Å². The molecule has 0 amide bonds. The maximum Gasteiger partial charge on any atom is 0.161 e. The van der Waals surface area contributed by atoms with Crippen LogP contribution in [0.1, 0.15) is 36.7 Å². The molecule has 1 aromatic heterocycles. The Bertz CT molecular complexity index is 812. The summed E-state index contributed by atoms with van der Waals surface area (Å²) >= 11 is 1.85. The zero-order valence-electron chi connectivity index (χ0n) is 15.3. The van der Waals surface area contributed by atoms with Gasteiger partial charge in [0.1, 0.15) is 6.04 Å². The Morgan fingerprint density at radius 2 is 2.00 bits per heavy atom. The summed E-state index contributed by atoms with van der Waals surface area (Å²) in [5.41, 5.74) is 2.18. The standard InChI is InChI=1S/C20H23N3O2S/c1-4-14-12-26-20-22-18(15-7-5-6-10-21-15)19(23(14)20)13-8-9-16(24-2)17(11-13)25-3/h5-11,14,18-19H,4,12H2,1-3H3/t14-,18+,19+/m0/s1. The first-order valence-electron chi connectivity index (χ1n) is 8.88. The molecule has 2 aliphatic heterocycles. The van der Waals surface area contributed by atoms with Crippen molar-refractivity contribution >= 4 is 16.9 Å². The lowest BCUT2D eigenvalue weighted by atomic mass is 9.95. The van der Waals surface area contributed by atoms with E-state index < -0.39 is 0 Å². The summed E-state index contributed by atoms with van der Waals surface area (Å²) in [6, 6.07) is 12.8. The molecule has 0 saturated carbocycles. The van der Waals surface area contributed by atoms with Gasteiger partial charge in [0.25, 0.3) is 0 Å². The fraction of sp³-hybridized carbons (Fsp3) is 0.400. The number of thioether (sulfide) groups is 1. The fourth-order valence-corrected chi connectivity index (χ4v) is 5.08. The quantitative estimate of drug-likeness (QED) is 0.795. The van der Waals surface area contributed by atoms with Crippen LogP contribution in [0.3, 0.4) is 0 Å². The number of aromatic nitrogens is 1. The Morgan fingerprint density at radius 3 is 2.69 bits per heavy atom. The van der Waals surface area contributed by atoms with E-state index in [9.17, 15) is 0 Å². The lowest BCUT2D eigenvalue weighted by Crippen LogP contribution is -2.35. The highest BCUT2D eigenvalue weighted by atomic mass is 32.2. The average Bonchev–Trinajstić information content (AvgIpc) is 3.27. The van der Waals surface area contributed by atoms with E-state index in [-0.39, 0.29) is 12.1 Å². The van der Waals surface area contributed by atoms with Gasteiger partial charge in [0.15, 0.2) is 16.7 Å². The van der Waals surface area contributed by atoms with Gasteiger partial charge >= 0.3 is 0 Å². The molecule has 0 N–H and O–H groups in total. The normalized spacial score (nSPS) is 24.3. The summed E-state index contributed by atoms with van der Waals surface area (Å²) in [5.74, 6) is 2.58. The lowest BCUT2D eigenvalue weighted by molar-refractivity contribution is 0.254. The van der Waals surface area contributed by atoms with Crippen LogP contribution in [0.2, 0.25) is 0 Å². The predicted molar refractivity (Wildman–Crippen MR) is 105 cm³/mol. The van der Waals surface area contributed by atoms with Crippen LogP contribution in [-0.2, 0) is 0 Å². The number of benzene rings is 1. The van der Waals surface area contributed by atoms with Crippen molar-refractivity contribution in [3.8, 4) is 11.5 Å². The van der Waals surface area contributed by atoms with Gasteiger partial charge in [0.05, 0.1) is 26.0 Å². The summed E-state index contributed by atoms with van der Waals surface area (Å²) in [6.45, 7) is 2.24. The number of fused-ring (bicyclic) bond motifs is 1. The number of amidine groups is 1. The molecular weight excluding hydrogens is 346 g/mol. The van der Waals surface area contributed by atoms with Gasteiger partial charge < -0.3 is 14.4 Å². The Labute approximate surface area is 158 Å². The van der Waals surface area contributed by atoms with E-state index in [1.807, 2.05) is 36.2 Å². The van der Waals surface area contributed by atoms with Gasteiger partial charge in [0, 0.05) is 18.0 Å². The minimum absolute atomic E-state index is 0.00819. The molecule has 3 heterocycles. The average molecular weight is 369 g/mol. The third-order valence-electron chi connectivity index (χ3n) is 5.08. The highest BCUT2D eigenvalue weighted by molar-refractivity contribution is 8.14. The van der Waals surface area contributed by atoms with Crippen molar-refractivity contribution in [1.29, 1.82) is 0 Å². The highest BCUT2D eigenvalue weighted by Crippen LogP contribution is 2.49. The second kappa shape index (κ2) is 7.19. The summed E-state index contributed by atoms with van der Waals surface area (Å²) in [5, 5.41) is 1.13. The summed E-state index contributed by atoms with van der Waals surface area (Å²) in [6.07, 6.45) is 2.94. The number of pyridine rings is 1. The SMILES string of the molecule is CC[C@H]1CSC2=N[C@H](c3ccccn3)[C@@H](c3ccc(OC)c(OC)c3)N21. The van der Waals surface area contributed by atoms with E-state index in [0.29, 0.717) is 6.04 Å². The van der Waals surface area contributed by atoms with Crippen LogP contribution in [0.5, 0.6) is 11.5 Å². The molecule has 2 aromatic rings. The molecule has 6 heteroatoms. The number of nitrogens with zero attached hydrogens (tertiary/aromatic N) is 3. The Balaban J connectivity index is 1.79. The van der Waals surface area contributed by atoms with E-state index in [4.69, 9.17) is 14.5 Å². The van der Waals surface area contributed by atoms with Gasteiger partial charge in [0.2, 0.25) is 0 Å². The fourth-order valence-electron chi connectivity index (χ4n) is 3.75. The molecule has 0 unspecified atom stereocenters. The molecule has 0 aliphatic carbocycles. The maximum atomic E-state index is 5.54. The predicted octanol–water partition coefficient (Wildman–Crippen LogP) is 4.08. The molecule has 136 valence electrons. The van der Waals surface area contributed by atoms with E-state index in [0.717, 1.165) is 34.5 Å². The second-order valence-electron chi connectivity index (χ2n) is 6.45. The van der Waals surface area contributed by atoms with E-state index >= 15 is 0 Å². The number of ether oxygens (including phenoxy) is 2. The molecule has 4 rings (SSSR count). The van der Waals surface area contributed by atoms with Crippen LogP contribution in [0.15, 0.2) is 47.6 Å². The summed E-state index contributed by atoms with van der Waals surface area (Å²) < 4.78 is 11.0. The topological polar surface area (TPSA) is 47.0 Å². The first-order valence-corrected chi connectivity index (χ1v) is 9.87. The van der Waals surface area contributed by atoms with Gasteiger partial charge in [-0.3, -0.25) is 9.98 Å². The number of rotatable bonds is 5. The molecule has 0 radical (unpaired) electrons. The highest BCUT2D eigenvalue weighted by Gasteiger charge is 2.45. The number of methoxy groups -OCH3 is 2. The molecule has 0 spiro atoms. The van der Waals surface area contributed by atoms with Gasteiger partial charge in [-0.05, 0) is 36.2 Å². The smallest absolute Gasteiger partial charge is 0.161 e. The number of hydrogen-bond donors (Lipinski definition) is 0. The van der Waals surface area contributed by atoms with Crippen LogP contribution in [-0.4, -0.2) is 41.1 Å². The van der Waals surface area contributed by atoms with Crippen molar-refractivity contribution in [2.45, 2.75) is 31.5 Å². The molecule has 5 nitrogen and oxygen atoms in total. The Kier molecular flexibility index (Phi) is 4.76. The van der Waals surface area contributed by atoms with Gasteiger partial charge in [-0.2, -0.15) is 0 Å². The maximum absolute atomic E-state index is 5.54. The van der Waals surface area contributed by atoms with E-state index in [2.05, 4.69) is 35.0 Å². The van der Waals surface area contributed by atoms with Crippen molar-refractivity contribution in [3.05, 3.63) is 53.9 Å². The zero-order valence-corrected chi connectivity index (χ0v) is 16.1. The lowest BCUT2D eigenvalue weighted by Gasteiger charge is -2.32. The number of aliphatic imine (C=N–C) groups is 1. The third-order valence-corrected chi connectivity index (χ3v) is 6.20. The molecule has 1 saturated heterocycles. The molecule has 26 heavy (non-hydrogen) atoms. The van der Waals surface area contributed by atoms with Crippen LogP contribution in [0.4, 0.5) is 0 Å². The number of hydrogen-bond acceptors (Lipinski definition) is 6. The third kappa shape index (κ3) is 2.82. The van der Waals surface area contributed by atoms with Crippen LogP contribution in [0.25, 0.3) is 0 Å². The molecule has 1 fully saturated rings. The van der Waals surface area contributed by atoms with Gasteiger partial charge in [-0.15, -0.1) is 0 Å². The largest absolute Gasteiger partial charge is 0.493 e. The van der Waals surface area contributed by atoms with Crippen molar-refractivity contribution < 1.29 is 9.47 Å². The molecule has 1 aromatic carbocycles. The summed E-state index contributed by atoms with van der Waals surface area (Å²) in [4.78, 5) is 12.1. The molecule has 2 aliphatic rings. The van der Waals surface area contributed by atoms with Crippen molar-refractivity contribution in [1.82, 2.24) is 9.88 Å². The molecule has 0 bridgehead atoms. The van der Waals surface area contributed by atoms with E-state index in [1.165, 1.54) is 5.56 Å². The summed E-state index contributed by atoms with van der Waals surface area (Å²) in [7, 11) is 3.34. The molecular formula is C20H23N3O2S. The van der Waals surface area contributed by atoms with Crippen LogP contribution < -0.4 is 9.47 Å². The van der Waals surface area contributed by atoms with E-state index in [1.54, 1.807) is 14.2 Å². The first-order chi connectivity index (χ1) is 12.8. The van der Waals surface area contributed by atoms with Gasteiger partial charge in [-0.25, -0.2) is 0 Å². The van der Waals surface area contributed by atoms with Crippen molar-refractivity contribution in [3.63, 3.8) is 0 Å². The zero-order chi connectivity index (χ0) is 18.1. The monoisotopic (exact) mass is 369 g/mol. The Morgan fingerprint density at radius 1 is 1.15 bits per heavy atom. The van der Waals surface area contributed by atoms with Crippen LogP contribution in [0, 0.1) is 0 Å². The minimum Gasteiger partial charge on any atom is -0.493 e. The minimum atomic E-state index is -0.00819.